The van der Waals surface area contributed by atoms with E-state index in [1.807, 2.05) is 0 Å². The van der Waals surface area contributed by atoms with Gasteiger partial charge in [0.15, 0.2) is 0 Å². The lowest BCUT2D eigenvalue weighted by molar-refractivity contribution is -0.212. The van der Waals surface area contributed by atoms with Gasteiger partial charge in [-0.25, -0.2) is 0 Å². The fourth-order valence-corrected chi connectivity index (χ4v) is 1.40. The highest BCUT2D eigenvalue weighted by Gasteiger charge is 2.45. The molecule has 1 rings (SSSR count). The minimum atomic E-state index is -5.81. The van der Waals surface area contributed by atoms with Gasteiger partial charge in [0, 0.05) is 5.90 Å². The van der Waals surface area contributed by atoms with Gasteiger partial charge in [-0.3, -0.25) is 0 Å². The van der Waals surface area contributed by atoms with Crippen molar-refractivity contribution in [3.8, 4) is 0 Å². The summed E-state index contributed by atoms with van der Waals surface area (Å²) >= 11 is 0. The van der Waals surface area contributed by atoms with E-state index in [2.05, 4.69) is 11.0 Å². The van der Waals surface area contributed by atoms with Gasteiger partial charge in [0.2, 0.25) is 0 Å². The second-order valence-electron chi connectivity index (χ2n) is 3.14. The molecule has 0 unspecified atom stereocenters. The Bertz CT molecular complexity index is 573. The van der Waals surface area contributed by atoms with Gasteiger partial charge in [0.05, 0.1) is 0 Å². The molecule has 1 aromatic carbocycles. The van der Waals surface area contributed by atoms with Crippen molar-refractivity contribution in [2.75, 3.05) is 0 Å². The van der Waals surface area contributed by atoms with Gasteiger partial charge in [0.25, 0.3) is 0 Å². The molecule has 8 heteroatoms. The highest BCUT2D eigenvalue weighted by molar-refractivity contribution is 7.91. The number of halogens is 3. The molecule has 0 saturated heterocycles. The number of rotatable bonds is 3. The first-order valence-corrected chi connectivity index (χ1v) is 5.92. The Hall–Kier alpha value is -1.83. The van der Waals surface area contributed by atoms with Gasteiger partial charge >= 0.3 is 15.5 Å². The molecule has 0 atom stereocenters. The van der Waals surface area contributed by atoms with E-state index in [9.17, 15) is 26.7 Å². The van der Waals surface area contributed by atoms with E-state index >= 15 is 0 Å². The standard InChI is InChI=1S/C10H8F3NO3S/c1-2-7-3-5-8(6-4-7)9(15)14-18(16,17)10(11,12)13/h2-6H,1H2,(H,14,15)/p-1. The molecule has 0 aliphatic rings. The molecular formula is C10H7F3NO3S-. The van der Waals surface area contributed by atoms with E-state index in [4.69, 9.17) is 0 Å². The summed E-state index contributed by atoms with van der Waals surface area (Å²) in [4.78, 5) is 0. The molecule has 0 N–H and O–H groups in total. The quantitative estimate of drug-likeness (QED) is 0.618. The number of nitrogens with zero attached hydrogens (tertiary/aromatic N) is 1. The topological polar surface area (TPSA) is 69.6 Å². The summed E-state index contributed by atoms with van der Waals surface area (Å²) in [7, 11) is -5.81. The highest BCUT2D eigenvalue weighted by Crippen LogP contribution is 2.24. The lowest BCUT2D eigenvalue weighted by atomic mass is 10.1. The molecule has 0 aliphatic heterocycles. The Balaban J connectivity index is 3.14. The molecule has 0 saturated carbocycles. The van der Waals surface area contributed by atoms with Crippen LogP contribution in [0.2, 0.25) is 0 Å². The normalized spacial score (nSPS) is 13.4. The van der Waals surface area contributed by atoms with Crippen LogP contribution in [0.1, 0.15) is 11.1 Å². The average Bonchev–Trinajstić information content (AvgIpc) is 2.27. The fraction of sp³-hybridized carbons (Fsp3) is 0.100. The van der Waals surface area contributed by atoms with Crippen molar-refractivity contribution < 1.29 is 26.7 Å². The number of hydrogen-bond acceptors (Lipinski definition) is 3. The van der Waals surface area contributed by atoms with Crippen LogP contribution in [0, 0.1) is 0 Å². The van der Waals surface area contributed by atoms with Crippen LogP contribution in [0.5, 0.6) is 0 Å². The second kappa shape index (κ2) is 4.81. The van der Waals surface area contributed by atoms with Crippen LogP contribution >= 0.6 is 0 Å². The maximum Gasteiger partial charge on any atom is 0.518 e. The van der Waals surface area contributed by atoms with Crippen molar-refractivity contribution in [1.82, 2.24) is 0 Å². The van der Waals surface area contributed by atoms with E-state index in [1.165, 1.54) is 18.2 Å². The van der Waals surface area contributed by atoms with E-state index in [0.29, 0.717) is 5.56 Å². The van der Waals surface area contributed by atoms with Gasteiger partial charge in [0.1, 0.15) is 0 Å². The smallest absolute Gasteiger partial charge is 0.518 e. The predicted octanol–water partition coefficient (Wildman–Crippen LogP) is 1.29. The Kier molecular flexibility index (Phi) is 3.80. The lowest BCUT2D eigenvalue weighted by Crippen LogP contribution is -2.27. The fourth-order valence-electron chi connectivity index (χ4n) is 0.975. The SMILES string of the molecule is C=Cc1ccc(/C([O-])=N/S(=O)(=O)C(F)(F)F)cc1. The van der Waals surface area contributed by atoms with Crippen LogP contribution in [0.3, 0.4) is 0 Å². The van der Waals surface area contributed by atoms with E-state index in [-0.39, 0.29) is 5.56 Å². The minimum absolute atomic E-state index is 0.256. The number of alkyl halides is 3. The summed E-state index contributed by atoms with van der Waals surface area (Å²) < 4.78 is 59.4. The average molecular weight is 278 g/mol. The first-order valence-electron chi connectivity index (χ1n) is 4.48. The second-order valence-corrected chi connectivity index (χ2v) is 4.74. The van der Waals surface area contributed by atoms with Gasteiger partial charge in [-0.2, -0.15) is 26.0 Å². The summed E-state index contributed by atoms with van der Waals surface area (Å²) in [5.74, 6) is -1.47. The van der Waals surface area contributed by atoms with E-state index in [1.54, 1.807) is 0 Å². The molecule has 98 valence electrons. The van der Waals surface area contributed by atoms with Crippen LogP contribution in [0.4, 0.5) is 13.2 Å². The van der Waals surface area contributed by atoms with E-state index in [0.717, 1.165) is 12.1 Å². The lowest BCUT2D eigenvalue weighted by Gasteiger charge is -2.11. The zero-order valence-electron chi connectivity index (χ0n) is 8.81. The molecule has 0 spiro atoms. The summed E-state index contributed by atoms with van der Waals surface area (Å²) in [5, 5.41) is 11.2. The third-order valence-electron chi connectivity index (χ3n) is 1.89. The molecule has 18 heavy (non-hydrogen) atoms. The van der Waals surface area contributed by atoms with Gasteiger partial charge in [-0.1, -0.05) is 36.9 Å². The van der Waals surface area contributed by atoms with Crippen molar-refractivity contribution in [3.63, 3.8) is 0 Å². The Morgan fingerprint density at radius 3 is 2.17 bits per heavy atom. The van der Waals surface area contributed by atoms with Crippen molar-refractivity contribution in [1.29, 1.82) is 0 Å². The molecule has 0 aliphatic carbocycles. The third-order valence-corrected chi connectivity index (χ3v) is 2.88. The summed E-state index contributed by atoms with van der Waals surface area (Å²) in [6.07, 6.45) is 1.46. The van der Waals surface area contributed by atoms with Crippen molar-refractivity contribution in [2.24, 2.45) is 4.40 Å². The number of benzene rings is 1. The molecule has 0 heterocycles. The Morgan fingerprint density at radius 2 is 1.78 bits per heavy atom. The van der Waals surface area contributed by atoms with Gasteiger partial charge < -0.3 is 5.11 Å². The summed E-state index contributed by atoms with van der Waals surface area (Å²) in [5.41, 5.74) is -5.21. The van der Waals surface area contributed by atoms with Crippen LogP contribution in [0.15, 0.2) is 35.2 Å². The maximum atomic E-state index is 12.0. The Labute approximate surface area is 101 Å². The molecule has 0 aromatic heterocycles. The Morgan fingerprint density at radius 1 is 1.28 bits per heavy atom. The van der Waals surface area contributed by atoms with Crippen LogP contribution < -0.4 is 5.11 Å². The monoisotopic (exact) mass is 278 g/mol. The largest absolute Gasteiger partial charge is 0.858 e. The number of sulfonamides is 1. The zero-order valence-corrected chi connectivity index (χ0v) is 9.62. The summed E-state index contributed by atoms with van der Waals surface area (Å²) in [6.45, 7) is 3.44. The molecule has 0 amide bonds. The first-order chi connectivity index (χ1) is 8.17. The van der Waals surface area contributed by atoms with Crippen LogP contribution in [0.25, 0.3) is 6.08 Å². The summed E-state index contributed by atoms with van der Waals surface area (Å²) in [6, 6.07) is 5.12. The molecule has 1 aromatic rings. The molecule has 4 nitrogen and oxygen atoms in total. The van der Waals surface area contributed by atoms with Gasteiger partial charge in [-0.05, 0) is 11.1 Å². The molecule has 0 fully saturated rings. The highest BCUT2D eigenvalue weighted by atomic mass is 32.2. The van der Waals surface area contributed by atoms with Crippen molar-refractivity contribution in [3.05, 3.63) is 42.0 Å². The van der Waals surface area contributed by atoms with Crippen molar-refractivity contribution in [2.45, 2.75) is 5.51 Å². The molecular weight excluding hydrogens is 271 g/mol. The maximum absolute atomic E-state index is 12.0. The van der Waals surface area contributed by atoms with E-state index < -0.39 is 21.4 Å². The number of hydrogen-bond donors (Lipinski definition) is 0. The van der Waals surface area contributed by atoms with Crippen molar-refractivity contribution >= 4 is 22.0 Å². The third kappa shape index (κ3) is 3.10. The minimum Gasteiger partial charge on any atom is -0.858 e. The van der Waals surface area contributed by atoms with Crippen LogP contribution in [-0.4, -0.2) is 19.8 Å². The van der Waals surface area contributed by atoms with Crippen LogP contribution in [-0.2, 0) is 10.0 Å². The first kappa shape index (κ1) is 14.2. The molecule has 0 radical (unpaired) electrons. The molecule has 0 bridgehead atoms. The predicted molar refractivity (Wildman–Crippen MR) is 58.0 cm³/mol. The van der Waals surface area contributed by atoms with Gasteiger partial charge in [-0.15, -0.1) is 0 Å². The zero-order chi connectivity index (χ0) is 14.0.